The van der Waals surface area contributed by atoms with Crippen LogP contribution >= 0.6 is 23.1 Å². The minimum Gasteiger partial charge on any atom is -0.490 e. The number of aromatic amines is 1. The lowest BCUT2D eigenvalue weighted by molar-refractivity contribution is -0.123. The van der Waals surface area contributed by atoms with E-state index in [0.29, 0.717) is 29.5 Å². The molecule has 3 fully saturated rings. The summed E-state index contributed by atoms with van der Waals surface area (Å²) in [6, 6.07) is 20.9. The van der Waals surface area contributed by atoms with Crippen LogP contribution in [0.3, 0.4) is 0 Å². The SMILES string of the molecule is CCOc1cc([C@@H]2c3sc(=O)[nH]c3S[C@@H]3[C@@H]4C[C@@H]([C@@H]5C(=O)N(c6ccc(C)cc6)C(=O)[C@@H]45)[C@H]23)ccc1OCC(=O)Nc1cccc(C)c1. The average molecular weight is 682 g/mol. The number of ether oxygens (including phenoxy) is 2. The molecule has 2 bridgehead atoms. The highest BCUT2D eigenvalue weighted by Gasteiger charge is 2.69. The predicted molar refractivity (Wildman–Crippen MR) is 185 cm³/mol. The van der Waals surface area contributed by atoms with Crippen molar-refractivity contribution in [2.24, 2.45) is 29.6 Å². The van der Waals surface area contributed by atoms with Gasteiger partial charge in [0.25, 0.3) is 5.91 Å². The third-order valence-electron chi connectivity index (χ3n) is 10.3. The Morgan fingerprint density at radius 3 is 2.44 bits per heavy atom. The fourth-order valence-corrected chi connectivity index (χ4v) is 11.4. The summed E-state index contributed by atoms with van der Waals surface area (Å²) in [6.07, 6.45) is 0.808. The number of hydrogen-bond donors (Lipinski definition) is 2. The fraction of sp³-hybridized carbons (Fsp3) is 0.351. The van der Waals surface area contributed by atoms with Crippen LogP contribution in [0, 0.1) is 43.4 Å². The van der Waals surface area contributed by atoms with E-state index in [2.05, 4.69) is 10.3 Å². The number of benzene rings is 3. The van der Waals surface area contributed by atoms with Crippen LogP contribution in [0.4, 0.5) is 11.4 Å². The van der Waals surface area contributed by atoms with Gasteiger partial charge in [0.1, 0.15) is 0 Å². The maximum atomic E-state index is 14.1. The number of aromatic nitrogens is 1. The Bertz CT molecular complexity index is 2000. The lowest BCUT2D eigenvalue weighted by Gasteiger charge is -2.43. The van der Waals surface area contributed by atoms with Crippen molar-refractivity contribution in [3.63, 3.8) is 0 Å². The van der Waals surface area contributed by atoms with Crippen molar-refractivity contribution in [1.29, 1.82) is 0 Å². The lowest BCUT2D eigenvalue weighted by atomic mass is 9.68. The van der Waals surface area contributed by atoms with Gasteiger partial charge in [-0.15, -0.1) is 11.8 Å². The standard InChI is InChI=1S/C37H35N3O6S2/c1-4-45-26-15-20(10-13-25(26)46-17-27(41)38-21-7-5-6-19(3)14-21)28-29-23-16-24(32(29)47-34-33(28)48-37(44)39-34)31-30(23)35(42)40(36(31)43)22-11-8-18(2)9-12-22/h5-15,23-24,28-32H,4,16-17H2,1-3H3,(H,38,41)(H,39,44)/t23-,24-,28+,29-,30+,31+,32-/m1/s1. The number of carbonyl (C=O) groups is 3. The molecule has 1 saturated heterocycles. The Balaban J connectivity index is 1.10. The van der Waals surface area contributed by atoms with E-state index in [4.69, 9.17) is 9.47 Å². The molecule has 4 aliphatic rings. The number of nitrogens with one attached hydrogen (secondary N) is 2. The van der Waals surface area contributed by atoms with E-state index in [1.165, 1.54) is 16.2 Å². The first-order valence-electron chi connectivity index (χ1n) is 16.3. The van der Waals surface area contributed by atoms with Crippen molar-refractivity contribution in [2.75, 3.05) is 23.4 Å². The molecule has 3 aromatic carbocycles. The number of thioether (sulfide) groups is 1. The second kappa shape index (κ2) is 12.0. The summed E-state index contributed by atoms with van der Waals surface area (Å²) in [7, 11) is 0. The first-order chi connectivity index (χ1) is 23.2. The van der Waals surface area contributed by atoms with Crippen molar-refractivity contribution in [3.05, 3.63) is 98.0 Å². The summed E-state index contributed by atoms with van der Waals surface area (Å²) in [6.45, 7) is 6.04. The topological polar surface area (TPSA) is 118 Å². The van der Waals surface area contributed by atoms with Crippen molar-refractivity contribution < 1.29 is 23.9 Å². The zero-order valence-corrected chi connectivity index (χ0v) is 28.4. The average Bonchev–Trinajstić information content (AvgIpc) is 3.80. The Morgan fingerprint density at radius 1 is 0.917 bits per heavy atom. The van der Waals surface area contributed by atoms with E-state index >= 15 is 0 Å². The van der Waals surface area contributed by atoms with Crippen LogP contribution in [0.15, 0.2) is 76.6 Å². The molecular formula is C37H35N3O6S2. The minimum absolute atomic E-state index is 0.00320. The maximum absolute atomic E-state index is 14.1. The van der Waals surface area contributed by atoms with Gasteiger partial charge in [0.15, 0.2) is 18.1 Å². The van der Waals surface area contributed by atoms with Gasteiger partial charge in [-0.25, -0.2) is 0 Å². The smallest absolute Gasteiger partial charge is 0.305 e. The number of H-pyrrole nitrogens is 1. The monoisotopic (exact) mass is 681 g/mol. The molecule has 0 spiro atoms. The molecule has 2 saturated carbocycles. The van der Waals surface area contributed by atoms with Gasteiger partial charge < -0.3 is 19.8 Å². The molecule has 3 heterocycles. The quantitative estimate of drug-likeness (QED) is 0.214. The van der Waals surface area contributed by atoms with Crippen LogP contribution in [0.25, 0.3) is 0 Å². The summed E-state index contributed by atoms with van der Waals surface area (Å²) < 4.78 is 12.0. The highest BCUT2D eigenvalue weighted by molar-refractivity contribution is 8.00. The van der Waals surface area contributed by atoms with Gasteiger partial charge in [0.05, 0.1) is 29.2 Å². The summed E-state index contributed by atoms with van der Waals surface area (Å²) in [4.78, 5) is 58.7. The number of imide groups is 1. The molecule has 3 amide bonds. The molecule has 2 aliphatic heterocycles. The third-order valence-corrected chi connectivity index (χ3v) is 12.9. The number of aryl methyl sites for hydroxylation is 2. The van der Waals surface area contributed by atoms with Crippen LogP contribution in [0.1, 0.15) is 40.8 Å². The number of hydrogen-bond acceptors (Lipinski definition) is 8. The first kappa shape index (κ1) is 31.0. The molecule has 48 heavy (non-hydrogen) atoms. The van der Waals surface area contributed by atoms with E-state index in [1.54, 1.807) is 11.8 Å². The highest BCUT2D eigenvalue weighted by atomic mass is 32.2. The van der Waals surface area contributed by atoms with Crippen LogP contribution in [-0.4, -0.2) is 41.2 Å². The third kappa shape index (κ3) is 5.06. The van der Waals surface area contributed by atoms with Crippen molar-refractivity contribution in [3.8, 4) is 11.5 Å². The van der Waals surface area contributed by atoms with Gasteiger partial charge in [-0.3, -0.25) is 24.1 Å². The molecule has 1 aromatic heterocycles. The van der Waals surface area contributed by atoms with Gasteiger partial charge >= 0.3 is 4.87 Å². The number of fused-ring (bicyclic) bond motifs is 9. The van der Waals surface area contributed by atoms with Crippen molar-refractivity contribution >= 4 is 52.2 Å². The van der Waals surface area contributed by atoms with Gasteiger partial charge in [0, 0.05) is 21.7 Å². The Hall–Kier alpha value is -4.35. The van der Waals surface area contributed by atoms with Crippen LogP contribution in [0.2, 0.25) is 0 Å². The summed E-state index contributed by atoms with van der Waals surface area (Å²) in [5.74, 6) is -0.369. The summed E-state index contributed by atoms with van der Waals surface area (Å²) >= 11 is 2.88. The van der Waals surface area contributed by atoms with Crippen LogP contribution in [-0.2, 0) is 14.4 Å². The molecule has 246 valence electrons. The van der Waals surface area contributed by atoms with Gasteiger partial charge in [-0.1, -0.05) is 47.2 Å². The number of thiazole rings is 1. The van der Waals surface area contributed by atoms with E-state index in [0.717, 1.165) is 33.0 Å². The molecule has 9 nitrogen and oxygen atoms in total. The summed E-state index contributed by atoms with van der Waals surface area (Å²) in [5.41, 5.74) is 4.40. The molecule has 0 radical (unpaired) electrons. The zero-order chi connectivity index (χ0) is 33.3. The summed E-state index contributed by atoms with van der Waals surface area (Å²) in [5, 5.41) is 3.79. The first-order valence-corrected chi connectivity index (χ1v) is 18.0. The number of carbonyl (C=O) groups excluding carboxylic acids is 3. The van der Waals surface area contributed by atoms with Crippen LogP contribution < -0.4 is 24.6 Å². The predicted octanol–water partition coefficient (Wildman–Crippen LogP) is 6.15. The normalized spacial score (nSPS) is 26.6. The maximum Gasteiger partial charge on any atom is 0.305 e. The largest absolute Gasteiger partial charge is 0.490 e. The van der Waals surface area contributed by atoms with E-state index < -0.39 is 0 Å². The second-order valence-corrected chi connectivity index (χ2v) is 15.4. The molecule has 2 aliphatic carbocycles. The van der Waals surface area contributed by atoms with E-state index in [1.807, 2.05) is 87.5 Å². The molecule has 7 atom stereocenters. The van der Waals surface area contributed by atoms with E-state index in [-0.39, 0.29) is 70.0 Å². The minimum atomic E-state index is -0.383. The fourth-order valence-electron chi connectivity index (χ4n) is 8.51. The van der Waals surface area contributed by atoms with Crippen LogP contribution in [0.5, 0.6) is 11.5 Å². The molecule has 2 N–H and O–H groups in total. The van der Waals surface area contributed by atoms with Gasteiger partial charge in [0.2, 0.25) is 11.8 Å². The molecule has 11 heteroatoms. The highest BCUT2D eigenvalue weighted by Crippen LogP contribution is 2.68. The molecule has 0 unspecified atom stereocenters. The van der Waals surface area contributed by atoms with Gasteiger partial charge in [-0.05, 0) is 92.5 Å². The number of nitrogens with zero attached hydrogens (tertiary/aromatic N) is 1. The lowest BCUT2D eigenvalue weighted by Crippen LogP contribution is -2.42. The molecule has 4 aromatic rings. The number of rotatable bonds is 8. The Kier molecular flexibility index (Phi) is 7.71. The second-order valence-electron chi connectivity index (χ2n) is 13.2. The molecular weight excluding hydrogens is 647 g/mol. The number of anilines is 2. The number of amides is 3. The van der Waals surface area contributed by atoms with E-state index in [9.17, 15) is 19.2 Å². The van der Waals surface area contributed by atoms with Gasteiger partial charge in [-0.2, -0.15) is 0 Å². The van der Waals surface area contributed by atoms with Crippen molar-refractivity contribution in [1.82, 2.24) is 4.98 Å². The Labute approximate surface area is 286 Å². The van der Waals surface area contributed by atoms with Crippen molar-refractivity contribution in [2.45, 2.75) is 43.4 Å². The zero-order valence-electron chi connectivity index (χ0n) is 26.7. The molecule has 8 rings (SSSR count). The Morgan fingerprint density at radius 2 is 1.69 bits per heavy atom.